The van der Waals surface area contributed by atoms with Crippen molar-refractivity contribution in [1.29, 1.82) is 0 Å². The SMILES string of the molecule is COC(C)(C)[C@H]1C[C@H]2[C@@H](CO)CCC[C@@H]2[C@@](C)(O)C1. The molecule has 0 aromatic heterocycles. The highest BCUT2D eigenvalue weighted by molar-refractivity contribution is 5.01. The van der Waals surface area contributed by atoms with Crippen LogP contribution in [0.15, 0.2) is 0 Å². The van der Waals surface area contributed by atoms with Gasteiger partial charge in [-0.1, -0.05) is 6.42 Å². The fourth-order valence-corrected chi connectivity index (χ4v) is 4.47. The Bertz CT molecular complexity index is 311. The summed E-state index contributed by atoms with van der Waals surface area (Å²) in [6.45, 7) is 6.48. The maximum Gasteiger partial charge on any atom is 0.0654 e. The summed E-state index contributed by atoms with van der Waals surface area (Å²) in [4.78, 5) is 0. The van der Waals surface area contributed by atoms with Crippen LogP contribution in [0, 0.1) is 23.7 Å². The van der Waals surface area contributed by atoms with Crippen molar-refractivity contribution in [2.45, 2.75) is 64.1 Å². The third kappa shape index (κ3) is 2.84. The zero-order chi connectivity index (χ0) is 14.3. The number of aliphatic hydroxyl groups is 2. The van der Waals surface area contributed by atoms with E-state index < -0.39 is 5.60 Å². The largest absolute Gasteiger partial charge is 0.396 e. The Morgan fingerprint density at radius 3 is 2.58 bits per heavy atom. The van der Waals surface area contributed by atoms with E-state index >= 15 is 0 Å². The molecular formula is C16H30O3. The molecule has 2 aliphatic rings. The molecule has 5 atom stereocenters. The second-order valence-electron chi connectivity index (χ2n) is 7.45. The molecule has 0 saturated heterocycles. The van der Waals surface area contributed by atoms with Crippen molar-refractivity contribution in [2.75, 3.05) is 13.7 Å². The lowest BCUT2D eigenvalue weighted by Crippen LogP contribution is -2.54. The van der Waals surface area contributed by atoms with Crippen LogP contribution >= 0.6 is 0 Å². The smallest absolute Gasteiger partial charge is 0.0654 e. The van der Waals surface area contributed by atoms with Crippen LogP contribution in [-0.4, -0.2) is 35.1 Å². The zero-order valence-corrected chi connectivity index (χ0v) is 12.9. The van der Waals surface area contributed by atoms with Gasteiger partial charge in [-0.2, -0.15) is 0 Å². The normalized spacial score (nSPS) is 43.9. The Hall–Kier alpha value is -0.120. The molecule has 0 aliphatic heterocycles. The topological polar surface area (TPSA) is 49.7 Å². The van der Waals surface area contributed by atoms with E-state index in [9.17, 15) is 10.2 Å². The van der Waals surface area contributed by atoms with Crippen molar-refractivity contribution in [2.24, 2.45) is 23.7 Å². The first-order chi connectivity index (χ1) is 8.81. The van der Waals surface area contributed by atoms with Gasteiger partial charge in [-0.15, -0.1) is 0 Å². The highest BCUT2D eigenvalue weighted by Crippen LogP contribution is 2.52. The quantitative estimate of drug-likeness (QED) is 0.829. The van der Waals surface area contributed by atoms with Gasteiger partial charge in [0, 0.05) is 13.7 Å². The van der Waals surface area contributed by atoms with E-state index in [1.165, 1.54) is 0 Å². The summed E-state index contributed by atoms with van der Waals surface area (Å²) in [5, 5.41) is 20.5. The number of fused-ring (bicyclic) bond motifs is 1. The highest BCUT2D eigenvalue weighted by atomic mass is 16.5. The molecule has 0 radical (unpaired) electrons. The zero-order valence-electron chi connectivity index (χ0n) is 12.9. The average molecular weight is 270 g/mol. The molecule has 2 rings (SSSR count). The predicted molar refractivity (Wildman–Crippen MR) is 75.8 cm³/mol. The van der Waals surface area contributed by atoms with Crippen LogP contribution < -0.4 is 0 Å². The molecule has 0 unspecified atom stereocenters. The summed E-state index contributed by atoms with van der Waals surface area (Å²) in [7, 11) is 1.76. The first-order valence-corrected chi connectivity index (χ1v) is 7.70. The Kier molecular flexibility index (Phi) is 4.29. The number of hydrogen-bond acceptors (Lipinski definition) is 3. The van der Waals surface area contributed by atoms with Gasteiger partial charge in [0.2, 0.25) is 0 Å². The molecule has 0 aromatic carbocycles. The van der Waals surface area contributed by atoms with E-state index in [-0.39, 0.29) is 12.2 Å². The summed E-state index contributed by atoms with van der Waals surface area (Å²) < 4.78 is 5.65. The molecule has 19 heavy (non-hydrogen) atoms. The van der Waals surface area contributed by atoms with E-state index in [4.69, 9.17) is 4.74 Å². The molecule has 2 fully saturated rings. The minimum absolute atomic E-state index is 0.202. The molecular weight excluding hydrogens is 240 g/mol. The van der Waals surface area contributed by atoms with Crippen LogP contribution in [0.5, 0.6) is 0 Å². The molecule has 0 aromatic rings. The Morgan fingerprint density at radius 1 is 1.32 bits per heavy atom. The molecule has 2 aliphatic carbocycles. The van der Waals surface area contributed by atoms with Crippen molar-refractivity contribution in [3.05, 3.63) is 0 Å². The Labute approximate surface area is 117 Å². The summed E-state index contributed by atoms with van der Waals surface area (Å²) in [6, 6.07) is 0. The molecule has 0 spiro atoms. The van der Waals surface area contributed by atoms with Gasteiger partial charge in [0.15, 0.2) is 0 Å². The summed E-state index contributed by atoms with van der Waals surface area (Å²) in [6.07, 6.45) is 5.24. The number of rotatable bonds is 3. The number of ether oxygens (including phenoxy) is 1. The van der Waals surface area contributed by atoms with E-state index in [0.29, 0.717) is 23.7 Å². The number of hydrogen-bond donors (Lipinski definition) is 2. The summed E-state index contributed by atoms with van der Waals surface area (Å²) in [5.41, 5.74) is -0.816. The Morgan fingerprint density at radius 2 is 2.00 bits per heavy atom. The maximum atomic E-state index is 10.9. The monoisotopic (exact) mass is 270 g/mol. The lowest BCUT2D eigenvalue weighted by Gasteiger charge is -2.53. The van der Waals surface area contributed by atoms with Gasteiger partial charge in [0.05, 0.1) is 11.2 Å². The third-order valence-corrected chi connectivity index (χ3v) is 5.97. The molecule has 2 N–H and O–H groups in total. The maximum absolute atomic E-state index is 10.9. The molecule has 2 saturated carbocycles. The van der Waals surface area contributed by atoms with Gasteiger partial charge < -0.3 is 14.9 Å². The Balaban J connectivity index is 2.22. The van der Waals surface area contributed by atoms with E-state index in [1.807, 2.05) is 6.92 Å². The van der Waals surface area contributed by atoms with E-state index in [1.54, 1.807) is 7.11 Å². The highest BCUT2D eigenvalue weighted by Gasteiger charge is 2.51. The van der Waals surface area contributed by atoms with Gasteiger partial charge in [-0.3, -0.25) is 0 Å². The lowest BCUT2D eigenvalue weighted by molar-refractivity contribution is -0.153. The molecule has 0 bridgehead atoms. The molecule has 0 heterocycles. The van der Waals surface area contributed by atoms with Crippen LogP contribution in [0.3, 0.4) is 0 Å². The van der Waals surface area contributed by atoms with Crippen LogP contribution in [0.1, 0.15) is 52.9 Å². The second kappa shape index (κ2) is 5.34. The van der Waals surface area contributed by atoms with Crippen LogP contribution in [0.4, 0.5) is 0 Å². The molecule has 3 nitrogen and oxygen atoms in total. The average Bonchev–Trinajstić information content (AvgIpc) is 2.37. The lowest BCUT2D eigenvalue weighted by atomic mass is 9.55. The molecule has 112 valence electrons. The molecule has 0 amide bonds. The van der Waals surface area contributed by atoms with Gasteiger partial charge in [0.1, 0.15) is 0 Å². The van der Waals surface area contributed by atoms with Crippen molar-refractivity contribution in [3.8, 4) is 0 Å². The van der Waals surface area contributed by atoms with E-state index in [0.717, 1.165) is 32.1 Å². The molecule has 3 heteroatoms. The number of aliphatic hydroxyl groups excluding tert-OH is 1. The number of methoxy groups -OCH3 is 1. The van der Waals surface area contributed by atoms with Crippen LogP contribution in [0.2, 0.25) is 0 Å². The standard InChI is InChI=1S/C16H30O3/c1-15(2,19-4)12-8-13-11(10-17)6-5-7-14(13)16(3,18)9-12/h11-14,17-18H,5-10H2,1-4H3/t11-,12+,13+,14+,16+/m1/s1. The van der Waals surface area contributed by atoms with Gasteiger partial charge in [-0.25, -0.2) is 0 Å². The fourth-order valence-electron chi connectivity index (χ4n) is 4.47. The minimum atomic E-state index is -0.614. The van der Waals surface area contributed by atoms with Crippen LogP contribution in [-0.2, 0) is 4.74 Å². The minimum Gasteiger partial charge on any atom is -0.396 e. The predicted octanol–water partition coefficient (Wildman–Crippen LogP) is 2.60. The first-order valence-electron chi connectivity index (χ1n) is 7.70. The van der Waals surface area contributed by atoms with Gasteiger partial charge >= 0.3 is 0 Å². The van der Waals surface area contributed by atoms with Crippen molar-refractivity contribution >= 4 is 0 Å². The van der Waals surface area contributed by atoms with Crippen LogP contribution in [0.25, 0.3) is 0 Å². The first kappa shape index (κ1) is 15.3. The fraction of sp³-hybridized carbons (Fsp3) is 1.00. The van der Waals surface area contributed by atoms with E-state index in [2.05, 4.69) is 13.8 Å². The van der Waals surface area contributed by atoms with Crippen molar-refractivity contribution in [1.82, 2.24) is 0 Å². The summed E-state index contributed by atoms with van der Waals surface area (Å²) in [5.74, 6) is 1.52. The van der Waals surface area contributed by atoms with Crippen molar-refractivity contribution < 1.29 is 14.9 Å². The van der Waals surface area contributed by atoms with Gasteiger partial charge in [0.25, 0.3) is 0 Å². The summed E-state index contributed by atoms with van der Waals surface area (Å²) >= 11 is 0. The van der Waals surface area contributed by atoms with Crippen molar-refractivity contribution in [3.63, 3.8) is 0 Å². The third-order valence-electron chi connectivity index (χ3n) is 5.97. The second-order valence-corrected chi connectivity index (χ2v) is 7.45. The van der Waals surface area contributed by atoms with Gasteiger partial charge in [-0.05, 0) is 70.1 Å².